The van der Waals surface area contributed by atoms with Crippen LogP contribution in [0, 0.1) is 5.92 Å². The lowest BCUT2D eigenvalue weighted by molar-refractivity contribution is -0.138. The first-order valence-electron chi connectivity index (χ1n) is 5.33. The van der Waals surface area contributed by atoms with Crippen LogP contribution in [0.2, 0.25) is 0 Å². The molecule has 2 rings (SSSR count). The Hall–Kier alpha value is -1.39. The minimum absolute atomic E-state index is 0.249. The van der Waals surface area contributed by atoms with Gasteiger partial charge in [-0.15, -0.1) is 5.10 Å². The highest BCUT2D eigenvalue weighted by Crippen LogP contribution is 2.25. The molecule has 1 unspecified atom stereocenters. The lowest BCUT2D eigenvalue weighted by Crippen LogP contribution is -2.19. The lowest BCUT2D eigenvalue weighted by Gasteiger charge is -2.20. The van der Waals surface area contributed by atoms with Gasteiger partial charge >= 0.3 is 5.97 Å². The molecule has 1 aliphatic rings. The van der Waals surface area contributed by atoms with Gasteiger partial charge in [0.05, 0.1) is 11.4 Å². The van der Waals surface area contributed by atoms with E-state index in [0.29, 0.717) is 0 Å². The summed E-state index contributed by atoms with van der Waals surface area (Å²) < 4.78 is 1.88. The molecular formula is C10H15N3O2. The highest BCUT2D eigenvalue weighted by atomic mass is 16.4. The summed E-state index contributed by atoms with van der Waals surface area (Å²) in [4.78, 5) is 10.6. The number of carbonyl (C=O) groups is 1. The highest BCUT2D eigenvalue weighted by Gasteiger charge is 2.24. The maximum absolute atomic E-state index is 10.6. The molecule has 5 heteroatoms. The summed E-state index contributed by atoms with van der Waals surface area (Å²) in [5.74, 6) is -0.460. The minimum atomic E-state index is -0.709. The fraction of sp³-hybridized carbons (Fsp3) is 0.700. The average Bonchev–Trinajstić information content (AvgIpc) is 2.59. The smallest absolute Gasteiger partial charge is 0.303 e. The second kappa shape index (κ2) is 4.00. The molecule has 1 aliphatic carbocycles. The van der Waals surface area contributed by atoms with E-state index in [1.54, 1.807) is 0 Å². The maximum Gasteiger partial charge on any atom is 0.303 e. The second-order valence-corrected chi connectivity index (χ2v) is 4.01. The number of aromatic nitrogens is 3. The zero-order chi connectivity index (χ0) is 10.8. The Labute approximate surface area is 88.1 Å². The third-order valence-corrected chi connectivity index (χ3v) is 2.95. The summed E-state index contributed by atoms with van der Waals surface area (Å²) in [7, 11) is 0. The van der Waals surface area contributed by atoms with E-state index < -0.39 is 5.97 Å². The van der Waals surface area contributed by atoms with Crippen LogP contribution >= 0.6 is 0 Å². The van der Waals surface area contributed by atoms with E-state index in [1.807, 2.05) is 11.6 Å². The van der Waals surface area contributed by atoms with Crippen LogP contribution in [0.3, 0.4) is 0 Å². The Morgan fingerprint density at radius 3 is 3.13 bits per heavy atom. The molecule has 0 fully saturated rings. The summed E-state index contributed by atoms with van der Waals surface area (Å²) in [6.07, 6.45) is 2.85. The number of aryl methyl sites for hydroxylation is 2. The van der Waals surface area contributed by atoms with Gasteiger partial charge in [0.15, 0.2) is 0 Å². The molecule has 1 N–H and O–H groups in total. The SMILES string of the molecule is CCn1nnc2c1CC(CC(=O)O)CC2. The van der Waals surface area contributed by atoms with Crippen LogP contribution in [0.1, 0.15) is 31.2 Å². The molecule has 1 aromatic rings. The Morgan fingerprint density at radius 1 is 1.67 bits per heavy atom. The molecule has 0 saturated carbocycles. The number of aliphatic carboxylic acids is 1. The monoisotopic (exact) mass is 209 g/mol. The highest BCUT2D eigenvalue weighted by molar-refractivity contribution is 5.67. The molecule has 1 atom stereocenters. The van der Waals surface area contributed by atoms with Crippen molar-refractivity contribution in [2.45, 2.75) is 39.2 Å². The summed E-state index contributed by atoms with van der Waals surface area (Å²) in [6, 6.07) is 0. The molecule has 1 aromatic heterocycles. The van der Waals surface area contributed by atoms with Crippen molar-refractivity contribution in [2.75, 3.05) is 0 Å². The third kappa shape index (κ3) is 2.00. The summed E-state index contributed by atoms with van der Waals surface area (Å²) >= 11 is 0. The topological polar surface area (TPSA) is 68.0 Å². The van der Waals surface area contributed by atoms with Gasteiger partial charge in [0.1, 0.15) is 0 Å². The molecule has 0 aromatic carbocycles. The number of hydrogen-bond donors (Lipinski definition) is 1. The average molecular weight is 209 g/mol. The normalized spacial score (nSPS) is 19.9. The van der Waals surface area contributed by atoms with Crippen LogP contribution in [0.4, 0.5) is 0 Å². The Morgan fingerprint density at radius 2 is 2.47 bits per heavy atom. The van der Waals surface area contributed by atoms with E-state index in [2.05, 4.69) is 10.3 Å². The number of fused-ring (bicyclic) bond motifs is 1. The summed E-state index contributed by atoms with van der Waals surface area (Å²) in [5, 5.41) is 16.9. The number of carboxylic acids is 1. The van der Waals surface area contributed by atoms with Gasteiger partial charge in [0.25, 0.3) is 0 Å². The van der Waals surface area contributed by atoms with Crippen molar-refractivity contribution >= 4 is 5.97 Å². The lowest BCUT2D eigenvalue weighted by atomic mass is 9.87. The second-order valence-electron chi connectivity index (χ2n) is 4.01. The van der Waals surface area contributed by atoms with Gasteiger partial charge in [0, 0.05) is 13.0 Å². The Kier molecular flexibility index (Phi) is 2.70. The summed E-state index contributed by atoms with van der Waals surface area (Å²) in [5.41, 5.74) is 2.19. The Balaban J connectivity index is 2.13. The van der Waals surface area contributed by atoms with Crippen molar-refractivity contribution in [3.8, 4) is 0 Å². The van der Waals surface area contributed by atoms with Gasteiger partial charge in [0.2, 0.25) is 0 Å². The molecule has 0 saturated heterocycles. The molecule has 1 heterocycles. The zero-order valence-corrected chi connectivity index (χ0v) is 8.81. The minimum Gasteiger partial charge on any atom is -0.481 e. The van der Waals surface area contributed by atoms with E-state index >= 15 is 0 Å². The standard InChI is InChI=1S/C10H15N3O2/c1-2-13-9-5-7(6-10(14)15)3-4-8(9)11-12-13/h7H,2-6H2,1H3,(H,14,15). The van der Waals surface area contributed by atoms with E-state index in [0.717, 1.165) is 37.2 Å². The first kappa shape index (κ1) is 10.1. The fourth-order valence-corrected chi connectivity index (χ4v) is 2.18. The Bertz CT molecular complexity index is 359. The third-order valence-electron chi connectivity index (χ3n) is 2.95. The first-order chi connectivity index (χ1) is 7.20. The van der Waals surface area contributed by atoms with Crippen molar-refractivity contribution < 1.29 is 9.90 Å². The predicted octanol–water partition coefficient (Wildman–Crippen LogP) is 0.878. The number of carboxylic acid groups (broad SMARTS) is 1. The van der Waals surface area contributed by atoms with Crippen molar-refractivity contribution in [3.05, 3.63) is 11.4 Å². The van der Waals surface area contributed by atoms with Gasteiger partial charge in [-0.3, -0.25) is 4.79 Å². The zero-order valence-electron chi connectivity index (χ0n) is 8.81. The molecule has 15 heavy (non-hydrogen) atoms. The molecule has 0 amide bonds. The van der Waals surface area contributed by atoms with Crippen LogP contribution in [0.5, 0.6) is 0 Å². The molecule has 82 valence electrons. The van der Waals surface area contributed by atoms with E-state index in [9.17, 15) is 4.79 Å². The van der Waals surface area contributed by atoms with E-state index in [4.69, 9.17) is 5.11 Å². The van der Waals surface area contributed by atoms with Crippen molar-refractivity contribution in [2.24, 2.45) is 5.92 Å². The van der Waals surface area contributed by atoms with Crippen molar-refractivity contribution in [1.82, 2.24) is 15.0 Å². The fourth-order valence-electron chi connectivity index (χ4n) is 2.18. The van der Waals surface area contributed by atoms with Gasteiger partial charge in [-0.25, -0.2) is 4.68 Å². The van der Waals surface area contributed by atoms with E-state index in [1.165, 1.54) is 0 Å². The molecule has 0 bridgehead atoms. The van der Waals surface area contributed by atoms with Gasteiger partial charge < -0.3 is 5.11 Å². The van der Waals surface area contributed by atoms with E-state index in [-0.39, 0.29) is 12.3 Å². The maximum atomic E-state index is 10.6. The van der Waals surface area contributed by atoms with Gasteiger partial charge in [-0.05, 0) is 32.1 Å². The van der Waals surface area contributed by atoms with Crippen molar-refractivity contribution in [1.29, 1.82) is 0 Å². The predicted molar refractivity (Wildman–Crippen MR) is 53.5 cm³/mol. The number of hydrogen-bond acceptors (Lipinski definition) is 3. The summed E-state index contributed by atoms with van der Waals surface area (Å²) in [6.45, 7) is 2.83. The van der Waals surface area contributed by atoms with Crippen LogP contribution in [-0.4, -0.2) is 26.1 Å². The molecule has 0 aliphatic heterocycles. The molecular weight excluding hydrogens is 194 g/mol. The largest absolute Gasteiger partial charge is 0.481 e. The quantitative estimate of drug-likeness (QED) is 0.802. The van der Waals surface area contributed by atoms with Crippen LogP contribution in [-0.2, 0) is 24.2 Å². The van der Waals surface area contributed by atoms with Crippen LogP contribution < -0.4 is 0 Å². The van der Waals surface area contributed by atoms with Crippen LogP contribution in [0.15, 0.2) is 0 Å². The number of rotatable bonds is 3. The van der Waals surface area contributed by atoms with Crippen molar-refractivity contribution in [3.63, 3.8) is 0 Å². The molecule has 0 spiro atoms. The molecule has 0 radical (unpaired) electrons. The van der Waals surface area contributed by atoms with Gasteiger partial charge in [-0.2, -0.15) is 0 Å². The van der Waals surface area contributed by atoms with Crippen LogP contribution in [0.25, 0.3) is 0 Å². The number of nitrogens with zero attached hydrogens (tertiary/aromatic N) is 3. The molecule has 5 nitrogen and oxygen atoms in total. The van der Waals surface area contributed by atoms with Gasteiger partial charge in [-0.1, -0.05) is 5.21 Å². The first-order valence-corrected chi connectivity index (χ1v) is 5.33.